The molecule has 7 heteroatoms. The van der Waals surface area contributed by atoms with Crippen molar-refractivity contribution in [1.29, 1.82) is 5.26 Å². The van der Waals surface area contributed by atoms with Gasteiger partial charge >= 0.3 is 5.97 Å². The highest BCUT2D eigenvalue weighted by Crippen LogP contribution is 2.16. The van der Waals surface area contributed by atoms with Gasteiger partial charge in [-0.15, -0.1) is 0 Å². The topological polar surface area (TPSA) is 94.2 Å². The van der Waals surface area contributed by atoms with Gasteiger partial charge in [0.05, 0.1) is 30.0 Å². The SMILES string of the molecule is Cc1ccccc1OCCC(=O)OCc1nc2ccccc2c(=O)n1CC#N. The van der Waals surface area contributed by atoms with Gasteiger partial charge in [-0.1, -0.05) is 30.3 Å². The van der Waals surface area contributed by atoms with E-state index in [2.05, 4.69) is 4.98 Å². The highest BCUT2D eigenvalue weighted by Gasteiger charge is 2.13. The molecule has 0 unspecified atom stereocenters. The normalized spacial score (nSPS) is 10.4. The number of benzene rings is 2. The lowest BCUT2D eigenvalue weighted by atomic mass is 10.2. The van der Waals surface area contributed by atoms with Gasteiger partial charge in [-0.3, -0.25) is 14.2 Å². The number of aryl methyl sites for hydroxylation is 1. The summed E-state index contributed by atoms with van der Waals surface area (Å²) >= 11 is 0. The summed E-state index contributed by atoms with van der Waals surface area (Å²) in [5, 5.41) is 9.42. The molecule has 3 aromatic rings. The summed E-state index contributed by atoms with van der Waals surface area (Å²) in [7, 11) is 0. The number of aromatic nitrogens is 2. The van der Waals surface area contributed by atoms with Crippen molar-refractivity contribution >= 4 is 16.9 Å². The van der Waals surface area contributed by atoms with Crippen LogP contribution in [0.15, 0.2) is 53.3 Å². The zero-order valence-electron chi connectivity index (χ0n) is 15.4. The highest BCUT2D eigenvalue weighted by atomic mass is 16.5. The van der Waals surface area contributed by atoms with Crippen LogP contribution in [-0.4, -0.2) is 22.1 Å². The molecule has 0 aliphatic heterocycles. The van der Waals surface area contributed by atoms with Crippen LogP contribution in [0.5, 0.6) is 5.75 Å². The summed E-state index contributed by atoms with van der Waals surface area (Å²) < 4.78 is 12.0. The summed E-state index contributed by atoms with van der Waals surface area (Å²) in [6.45, 7) is 1.75. The number of hydrogen-bond acceptors (Lipinski definition) is 6. The third-order valence-corrected chi connectivity index (χ3v) is 4.19. The van der Waals surface area contributed by atoms with Gasteiger partial charge in [-0.05, 0) is 30.7 Å². The van der Waals surface area contributed by atoms with Crippen LogP contribution in [0.25, 0.3) is 10.9 Å². The van der Waals surface area contributed by atoms with Crippen molar-refractivity contribution in [2.75, 3.05) is 6.61 Å². The van der Waals surface area contributed by atoms with Crippen molar-refractivity contribution in [2.24, 2.45) is 0 Å². The second-order valence-electron chi connectivity index (χ2n) is 6.12. The molecule has 1 heterocycles. The average molecular weight is 377 g/mol. The van der Waals surface area contributed by atoms with E-state index in [1.54, 1.807) is 24.3 Å². The Bertz CT molecular complexity index is 1100. The van der Waals surface area contributed by atoms with Crippen molar-refractivity contribution in [3.8, 4) is 11.8 Å². The first kappa shape index (κ1) is 19.1. The zero-order valence-corrected chi connectivity index (χ0v) is 15.4. The second-order valence-corrected chi connectivity index (χ2v) is 6.12. The summed E-state index contributed by atoms with van der Waals surface area (Å²) in [5.41, 5.74) is 1.15. The Labute approximate surface area is 161 Å². The van der Waals surface area contributed by atoms with Gasteiger partial charge in [0, 0.05) is 0 Å². The molecule has 1 aromatic heterocycles. The van der Waals surface area contributed by atoms with E-state index in [-0.39, 0.29) is 37.6 Å². The fraction of sp³-hybridized carbons (Fsp3) is 0.238. The molecule has 0 saturated heterocycles. The third-order valence-electron chi connectivity index (χ3n) is 4.19. The maximum Gasteiger partial charge on any atom is 0.309 e. The zero-order chi connectivity index (χ0) is 19.9. The van der Waals surface area contributed by atoms with Crippen LogP contribution in [0.1, 0.15) is 17.8 Å². The van der Waals surface area contributed by atoms with Gasteiger partial charge in [0.25, 0.3) is 5.56 Å². The highest BCUT2D eigenvalue weighted by molar-refractivity contribution is 5.77. The maximum absolute atomic E-state index is 12.6. The molecule has 0 aliphatic carbocycles. The van der Waals surface area contributed by atoms with Crippen molar-refractivity contribution in [3.05, 3.63) is 70.3 Å². The van der Waals surface area contributed by atoms with E-state index in [9.17, 15) is 9.59 Å². The number of hydrogen-bond donors (Lipinski definition) is 0. The van der Waals surface area contributed by atoms with Crippen molar-refractivity contribution in [3.63, 3.8) is 0 Å². The molecule has 0 aliphatic rings. The first-order valence-corrected chi connectivity index (χ1v) is 8.79. The van der Waals surface area contributed by atoms with Gasteiger partial charge in [0.1, 0.15) is 18.9 Å². The van der Waals surface area contributed by atoms with E-state index < -0.39 is 5.97 Å². The second kappa shape index (κ2) is 8.82. The molecule has 28 heavy (non-hydrogen) atoms. The minimum atomic E-state index is -0.473. The van der Waals surface area contributed by atoms with Gasteiger partial charge in [-0.25, -0.2) is 4.98 Å². The maximum atomic E-state index is 12.6. The van der Waals surface area contributed by atoms with Crippen LogP contribution in [0, 0.1) is 18.3 Å². The molecule has 0 fully saturated rings. The summed E-state index contributed by atoms with van der Waals surface area (Å²) in [6, 6.07) is 16.3. The summed E-state index contributed by atoms with van der Waals surface area (Å²) in [4.78, 5) is 29.0. The number of carbonyl (C=O) groups excluding carboxylic acids is 1. The van der Waals surface area contributed by atoms with Crippen LogP contribution in [0.2, 0.25) is 0 Å². The number of ether oxygens (including phenoxy) is 2. The fourth-order valence-corrected chi connectivity index (χ4v) is 2.74. The van der Waals surface area contributed by atoms with E-state index >= 15 is 0 Å². The molecule has 0 saturated carbocycles. The minimum absolute atomic E-state index is 0.0599. The predicted molar refractivity (Wildman–Crippen MR) is 103 cm³/mol. The average Bonchev–Trinajstić information content (AvgIpc) is 2.70. The molecule has 142 valence electrons. The lowest BCUT2D eigenvalue weighted by Gasteiger charge is -2.12. The Hall–Kier alpha value is -3.66. The summed E-state index contributed by atoms with van der Waals surface area (Å²) in [6.07, 6.45) is 0.0599. The predicted octanol–water partition coefficient (Wildman–Crippen LogP) is 2.74. The van der Waals surface area contributed by atoms with Crippen molar-refractivity contribution < 1.29 is 14.3 Å². The number of nitriles is 1. The Kier molecular flexibility index (Phi) is 6.02. The Morgan fingerprint density at radius 2 is 1.93 bits per heavy atom. The van der Waals surface area contributed by atoms with Crippen LogP contribution >= 0.6 is 0 Å². The molecule has 0 amide bonds. The smallest absolute Gasteiger partial charge is 0.309 e. The van der Waals surface area contributed by atoms with Gasteiger partial charge in [0.2, 0.25) is 0 Å². The van der Waals surface area contributed by atoms with E-state index in [1.807, 2.05) is 37.3 Å². The first-order chi connectivity index (χ1) is 13.6. The molecule has 0 radical (unpaired) electrons. The third kappa shape index (κ3) is 4.35. The van der Waals surface area contributed by atoms with Crippen LogP contribution in [0.4, 0.5) is 0 Å². The summed E-state index contributed by atoms with van der Waals surface area (Å²) in [5.74, 6) is 0.479. The lowest BCUT2D eigenvalue weighted by Crippen LogP contribution is -2.26. The standard InChI is InChI=1S/C21H19N3O4/c1-15-6-2-5-9-18(15)27-13-10-20(25)28-14-19-23-17-8-4-3-7-16(17)21(26)24(19)12-11-22/h2-9H,10,12-14H2,1H3. The molecule has 0 bridgehead atoms. The van der Waals surface area contributed by atoms with Crippen LogP contribution in [-0.2, 0) is 22.7 Å². The van der Waals surface area contributed by atoms with Crippen LogP contribution < -0.4 is 10.3 Å². The first-order valence-electron chi connectivity index (χ1n) is 8.79. The molecule has 2 aromatic carbocycles. The van der Waals surface area contributed by atoms with Gasteiger partial charge in [-0.2, -0.15) is 5.26 Å². The Morgan fingerprint density at radius 3 is 2.71 bits per heavy atom. The van der Waals surface area contributed by atoms with Crippen molar-refractivity contribution in [1.82, 2.24) is 9.55 Å². The van der Waals surface area contributed by atoms with Crippen molar-refractivity contribution in [2.45, 2.75) is 26.5 Å². The molecule has 0 N–H and O–H groups in total. The number of fused-ring (bicyclic) bond motifs is 1. The monoisotopic (exact) mass is 377 g/mol. The molecular weight excluding hydrogens is 358 g/mol. The minimum Gasteiger partial charge on any atom is -0.493 e. The number of esters is 1. The number of nitrogens with zero attached hydrogens (tertiary/aromatic N) is 3. The molecule has 0 spiro atoms. The molecule has 3 rings (SSSR count). The van der Waals surface area contributed by atoms with E-state index in [0.29, 0.717) is 16.7 Å². The number of para-hydroxylation sites is 2. The van der Waals surface area contributed by atoms with E-state index in [0.717, 1.165) is 5.56 Å². The Morgan fingerprint density at radius 1 is 1.18 bits per heavy atom. The van der Waals surface area contributed by atoms with Crippen LogP contribution in [0.3, 0.4) is 0 Å². The van der Waals surface area contributed by atoms with Gasteiger partial charge < -0.3 is 9.47 Å². The number of rotatable bonds is 7. The van der Waals surface area contributed by atoms with E-state index in [4.69, 9.17) is 14.7 Å². The Balaban J connectivity index is 1.65. The number of carbonyl (C=O) groups is 1. The molecule has 0 atom stereocenters. The van der Waals surface area contributed by atoms with Gasteiger partial charge in [0.15, 0.2) is 5.82 Å². The fourth-order valence-electron chi connectivity index (χ4n) is 2.74. The lowest BCUT2D eigenvalue weighted by molar-refractivity contribution is -0.145. The quantitative estimate of drug-likeness (QED) is 0.588. The van der Waals surface area contributed by atoms with E-state index in [1.165, 1.54) is 4.57 Å². The molecule has 7 nitrogen and oxygen atoms in total. The largest absolute Gasteiger partial charge is 0.493 e. The molecular formula is C21H19N3O4.